The summed E-state index contributed by atoms with van der Waals surface area (Å²) in [5.41, 5.74) is 1.42. The van der Waals surface area contributed by atoms with Crippen molar-refractivity contribution in [3.05, 3.63) is 23.8 Å². The predicted octanol–water partition coefficient (Wildman–Crippen LogP) is 3.15. The molecule has 1 unspecified atom stereocenters. The Morgan fingerprint density at radius 2 is 1.83 bits per heavy atom. The van der Waals surface area contributed by atoms with Gasteiger partial charge in [0.2, 0.25) is 0 Å². The molecule has 0 amide bonds. The number of ether oxygens (including phenoxy) is 2. The lowest BCUT2D eigenvalue weighted by Gasteiger charge is -2.32. The van der Waals surface area contributed by atoms with E-state index in [0.717, 1.165) is 18.0 Å². The molecule has 2 rings (SSSR count). The van der Waals surface area contributed by atoms with Gasteiger partial charge >= 0.3 is 0 Å². The first kappa shape index (κ1) is 13.2. The zero-order valence-corrected chi connectivity index (χ0v) is 11.7. The van der Waals surface area contributed by atoms with Crippen LogP contribution in [0.15, 0.2) is 18.2 Å². The van der Waals surface area contributed by atoms with Crippen molar-refractivity contribution >= 4 is 0 Å². The Morgan fingerprint density at radius 3 is 2.44 bits per heavy atom. The summed E-state index contributed by atoms with van der Waals surface area (Å²) in [5.74, 6) is 1.72. The SMILES string of the molecule is CCNC(c1ccc2c(c1)OCCO2)C(C)(C)C. The van der Waals surface area contributed by atoms with E-state index in [-0.39, 0.29) is 5.41 Å². The van der Waals surface area contributed by atoms with Gasteiger partial charge in [-0.3, -0.25) is 0 Å². The molecular formula is C15H23NO2. The monoisotopic (exact) mass is 249 g/mol. The van der Waals surface area contributed by atoms with Crippen molar-refractivity contribution in [1.82, 2.24) is 5.32 Å². The van der Waals surface area contributed by atoms with Gasteiger partial charge in [-0.1, -0.05) is 33.8 Å². The first-order chi connectivity index (χ1) is 8.52. The maximum absolute atomic E-state index is 5.65. The number of fused-ring (bicyclic) bond motifs is 1. The van der Waals surface area contributed by atoms with E-state index in [9.17, 15) is 0 Å². The van der Waals surface area contributed by atoms with Crippen molar-refractivity contribution < 1.29 is 9.47 Å². The molecule has 0 saturated carbocycles. The summed E-state index contributed by atoms with van der Waals surface area (Å²) in [7, 11) is 0. The van der Waals surface area contributed by atoms with Gasteiger partial charge in [0, 0.05) is 6.04 Å². The van der Waals surface area contributed by atoms with E-state index >= 15 is 0 Å². The Labute approximate surface area is 109 Å². The van der Waals surface area contributed by atoms with Crippen LogP contribution in [-0.2, 0) is 0 Å². The summed E-state index contributed by atoms with van der Waals surface area (Å²) in [4.78, 5) is 0. The second-order valence-electron chi connectivity index (χ2n) is 5.76. The summed E-state index contributed by atoms with van der Waals surface area (Å²) in [6, 6.07) is 6.57. The topological polar surface area (TPSA) is 30.5 Å². The second kappa shape index (κ2) is 5.19. The van der Waals surface area contributed by atoms with Gasteiger partial charge in [0.25, 0.3) is 0 Å². The van der Waals surface area contributed by atoms with Gasteiger partial charge in [-0.15, -0.1) is 0 Å². The third kappa shape index (κ3) is 2.78. The first-order valence-corrected chi connectivity index (χ1v) is 6.65. The fraction of sp³-hybridized carbons (Fsp3) is 0.600. The Hall–Kier alpha value is -1.22. The maximum atomic E-state index is 5.65. The number of hydrogen-bond donors (Lipinski definition) is 1. The molecule has 18 heavy (non-hydrogen) atoms. The Morgan fingerprint density at radius 1 is 1.17 bits per heavy atom. The highest BCUT2D eigenvalue weighted by Crippen LogP contribution is 2.38. The highest BCUT2D eigenvalue weighted by Gasteiger charge is 2.26. The quantitative estimate of drug-likeness (QED) is 0.892. The zero-order chi connectivity index (χ0) is 13.2. The molecule has 1 aromatic rings. The van der Waals surface area contributed by atoms with Crippen molar-refractivity contribution in [2.75, 3.05) is 19.8 Å². The lowest BCUT2D eigenvalue weighted by Crippen LogP contribution is -2.32. The minimum atomic E-state index is 0.166. The molecule has 1 atom stereocenters. The summed E-state index contributed by atoms with van der Waals surface area (Å²) in [6.45, 7) is 11.1. The molecule has 1 aliphatic rings. The third-order valence-electron chi connectivity index (χ3n) is 3.17. The van der Waals surface area contributed by atoms with Crippen LogP contribution in [0.3, 0.4) is 0 Å². The molecule has 1 N–H and O–H groups in total. The van der Waals surface area contributed by atoms with Crippen LogP contribution >= 0.6 is 0 Å². The number of hydrogen-bond acceptors (Lipinski definition) is 3. The third-order valence-corrected chi connectivity index (χ3v) is 3.17. The van der Waals surface area contributed by atoms with Crippen molar-refractivity contribution in [2.45, 2.75) is 33.7 Å². The van der Waals surface area contributed by atoms with E-state index in [0.29, 0.717) is 19.3 Å². The molecule has 0 spiro atoms. The summed E-state index contributed by atoms with van der Waals surface area (Å²) in [6.07, 6.45) is 0. The molecule has 1 heterocycles. The van der Waals surface area contributed by atoms with Crippen LogP contribution in [0.1, 0.15) is 39.3 Å². The number of benzene rings is 1. The fourth-order valence-corrected chi connectivity index (χ4v) is 2.37. The molecule has 0 aliphatic carbocycles. The van der Waals surface area contributed by atoms with Crippen molar-refractivity contribution in [3.63, 3.8) is 0 Å². The molecule has 0 bridgehead atoms. The minimum absolute atomic E-state index is 0.166. The predicted molar refractivity (Wildman–Crippen MR) is 73.3 cm³/mol. The molecule has 0 saturated heterocycles. The minimum Gasteiger partial charge on any atom is -0.486 e. The second-order valence-corrected chi connectivity index (χ2v) is 5.76. The van der Waals surface area contributed by atoms with Gasteiger partial charge in [0.1, 0.15) is 13.2 Å². The van der Waals surface area contributed by atoms with Gasteiger partial charge in [-0.2, -0.15) is 0 Å². The van der Waals surface area contributed by atoms with Crippen LogP contribution in [0, 0.1) is 5.41 Å². The molecule has 0 aromatic heterocycles. The fourth-order valence-electron chi connectivity index (χ4n) is 2.37. The van der Waals surface area contributed by atoms with Crippen LogP contribution in [0.2, 0.25) is 0 Å². The summed E-state index contributed by atoms with van der Waals surface area (Å²) < 4.78 is 11.2. The van der Waals surface area contributed by atoms with Gasteiger partial charge < -0.3 is 14.8 Å². The maximum Gasteiger partial charge on any atom is 0.161 e. The van der Waals surface area contributed by atoms with Gasteiger partial charge in [-0.25, -0.2) is 0 Å². The number of rotatable bonds is 3. The largest absolute Gasteiger partial charge is 0.486 e. The van der Waals surface area contributed by atoms with E-state index in [1.165, 1.54) is 5.56 Å². The molecular weight excluding hydrogens is 226 g/mol. The standard InChI is InChI=1S/C15H23NO2/c1-5-16-14(15(2,3)4)11-6-7-12-13(10-11)18-9-8-17-12/h6-7,10,14,16H,5,8-9H2,1-4H3. The van der Waals surface area contributed by atoms with E-state index in [4.69, 9.17) is 9.47 Å². The highest BCUT2D eigenvalue weighted by atomic mass is 16.6. The van der Waals surface area contributed by atoms with E-state index in [2.05, 4.69) is 45.1 Å². The summed E-state index contributed by atoms with van der Waals surface area (Å²) in [5, 5.41) is 3.55. The Kier molecular flexibility index (Phi) is 3.81. The number of nitrogens with one attached hydrogen (secondary N) is 1. The van der Waals surface area contributed by atoms with Crippen molar-refractivity contribution in [2.24, 2.45) is 5.41 Å². The summed E-state index contributed by atoms with van der Waals surface area (Å²) >= 11 is 0. The van der Waals surface area contributed by atoms with Crippen LogP contribution in [0.4, 0.5) is 0 Å². The van der Waals surface area contributed by atoms with E-state index in [1.54, 1.807) is 0 Å². The lowest BCUT2D eigenvalue weighted by atomic mass is 9.82. The highest BCUT2D eigenvalue weighted by molar-refractivity contribution is 5.45. The van der Waals surface area contributed by atoms with Crippen molar-refractivity contribution in [1.29, 1.82) is 0 Å². The van der Waals surface area contributed by atoms with Gasteiger partial charge in [0.15, 0.2) is 11.5 Å². The molecule has 3 heteroatoms. The molecule has 3 nitrogen and oxygen atoms in total. The van der Waals surface area contributed by atoms with Crippen molar-refractivity contribution in [3.8, 4) is 11.5 Å². The van der Waals surface area contributed by atoms with E-state index in [1.807, 2.05) is 6.07 Å². The van der Waals surface area contributed by atoms with Gasteiger partial charge in [-0.05, 0) is 29.7 Å². The average molecular weight is 249 g/mol. The van der Waals surface area contributed by atoms with Gasteiger partial charge in [0.05, 0.1) is 0 Å². The van der Waals surface area contributed by atoms with Crippen LogP contribution in [0.5, 0.6) is 11.5 Å². The average Bonchev–Trinajstić information content (AvgIpc) is 2.34. The normalized spacial score (nSPS) is 16.4. The van der Waals surface area contributed by atoms with Crippen LogP contribution < -0.4 is 14.8 Å². The molecule has 0 radical (unpaired) electrons. The van der Waals surface area contributed by atoms with E-state index < -0.39 is 0 Å². The molecule has 1 aromatic carbocycles. The molecule has 100 valence electrons. The Balaban J connectivity index is 2.30. The van der Waals surface area contributed by atoms with Crippen LogP contribution in [-0.4, -0.2) is 19.8 Å². The Bertz CT molecular complexity index is 409. The first-order valence-electron chi connectivity index (χ1n) is 6.65. The van der Waals surface area contributed by atoms with Crippen LogP contribution in [0.25, 0.3) is 0 Å². The smallest absolute Gasteiger partial charge is 0.161 e. The molecule has 1 aliphatic heterocycles. The zero-order valence-electron chi connectivity index (χ0n) is 11.7. The molecule has 0 fully saturated rings. The lowest BCUT2D eigenvalue weighted by molar-refractivity contribution is 0.170.